The molecule has 0 spiro atoms. The van der Waals surface area contributed by atoms with Crippen molar-refractivity contribution in [2.24, 2.45) is 0 Å². The van der Waals surface area contributed by atoms with Crippen molar-refractivity contribution in [3.05, 3.63) is 63.4 Å². The molecule has 0 amide bonds. The lowest BCUT2D eigenvalue weighted by molar-refractivity contribution is 0.232. The van der Waals surface area contributed by atoms with Crippen LogP contribution in [0.3, 0.4) is 0 Å². The summed E-state index contributed by atoms with van der Waals surface area (Å²) in [6.07, 6.45) is 1.49. The molecule has 0 bridgehead atoms. The molecule has 1 atom stereocenters. The SMILES string of the molecule is Cc1csc(C2=CC(O)c3ccccc32)c1. The fourth-order valence-electron chi connectivity index (χ4n) is 2.12. The van der Waals surface area contributed by atoms with E-state index >= 15 is 0 Å². The first-order chi connectivity index (χ1) is 7.75. The number of aryl methyl sites for hydroxylation is 1. The highest BCUT2D eigenvalue weighted by atomic mass is 32.1. The third-order valence-electron chi connectivity index (χ3n) is 2.89. The van der Waals surface area contributed by atoms with E-state index in [0.29, 0.717) is 0 Å². The summed E-state index contributed by atoms with van der Waals surface area (Å²) in [7, 11) is 0. The Morgan fingerprint density at radius 2 is 2.06 bits per heavy atom. The highest BCUT2D eigenvalue weighted by Crippen LogP contribution is 2.39. The number of fused-ring (bicyclic) bond motifs is 1. The lowest BCUT2D eigenvalue weighted by Crippen LogP contribution is -1.89. The van der Waals surface area contributed by atoms with Crippen molar-refractivity contribution in [1.82, 2.24) is 0 Å². The molecule has 80 valence electrons. The van der Waals surface area contributed by atoms with Crippen LogP contribution < -0.4 is 0 Å². The number of benzene rings is 1. The molecule has 2 aromatic rings. The van der Waals surface area contributed by atoms with Gasteiger partial charge in [-0.2, -0.15) is 0 Å². The second kappa shape index (κ2) is 3.58. The van der Waals surface area contributed by atoms with Crippen molar-refractivity contribution in [3.8, 4) is 0 Å². The van der Waals surface area contributed by atoms with Crippen LogP contribution in [0.4, 0.5) is 0 Å². The minimum Gasteiger partial charge on any atom is -0.384 e. The van der Waals surface area contributed by atoms with E-state index in [1.54, 1.807) is 11.3 Å². The number of hydrogen-bond donors (Lipinski definition) is 1. The number of thiophene rings is 1. The standard InChI is InChI=1S/C14H12OS/c1-9-6-14(16-8-9)12-7-13(15)11-5-3-2-4-10(11)12/h2-8,13,15H,1H3. The van der Waals surface area contributed by atoms with Gasteiger partial charge in [0, 0.05) is 4.88 Å². The van der Waals surface area contributed by atoms with Gasteiger partial charge < -0.3 is 5.11 Å². The van der Waals surface area contributed by atoms with Gasteiger partial charge in [-0.15, -0.1) is 11.3 Å². The van der Waals surface area contributed by atoms with Crippen LogP contribution in [0, 0.1) is 6.92 Å². The second-order valence-corrected chi connectivity index (χ2v) is 5.01. The maximum Gasteiger partial charge on any atom is 0.0987 e. The van der Waals surface area contributed by atoms with E-state index in [4.69, 9.17) is 0 Å². The van der Waals surface area contributed by atoms with Gasteiger partial charge in [-0.3, -0.25) is 0 Å². The molecule has 3 rings (SSSR count). The zero-order valence-corrected chi connectivity index (χ0v) is 9.79. The number of rotatable bonds is 1. The molecule has 1 heterocycles. The Bertz CT molecular complexity index is 566. The van der Waals surface area contributed by atoms with Crippen molar-refractivity contribution in [2.75, 3.05) is 0 Å². The first kappa shape index (κ1) is 9.82. The maximum absolute atomic E-state index is 9.95. The van der Waals surface area contributed by atoms with Gasteiger partial charge >= 0.3 is 0 Å². The summed E-state index contributed by atoms with van der Waals surface area (Å²) < 4.78 is 0. The van der Waals surface area contributed by atoms with E-state index < -0.39 is 6.10 Å². The molecular formula is C14H12OS. The third kappa shape index (κ3) is 1.42. The molecule has 1 nitrogen and oxygen atoms in total. The van der Waals surface area contributed by atoms with Gasteiger partial charge in [-0.05, 0) is 46.7 Å². The molecule has 1 aromatic heterocycles. The molecule has 1 aliphatic carbocycles. The average Bonchev–Trinajstić information content (AvgIpc) is 2.84. The van der Waals surface area contributed by atoms with Crippen LogP contribution in [0.15, 0.2) is 41.8 Å². The van der Waals surface area contributed by atoms with Gasteiger partial charge in [0.2, 0.25) is 0 Å². The van der Waals surface area contributed by atoms with E-state index in [-0.39, 0.29) is 0 Å². The summed E-state index contributed by atoms with van der Waals surface area (Å²) in [5, 5.41) is 12.1. The number of aliphatic hydroxyl groups excluding tert-OH is 1. The summed E-state index contributed by atoms with van der Waals surface area (Å²) in [5.41, 5.74) is 4.63. The van der Waals surface area contributed by atoms with Crippen molar-refractivity contribution in [3.63, 3.8) is 0 Å². The molecule has 1 unspecified atom stereocenters. The molecule has 0 fully saturated rings. The molecule has 16 heavy (non-hydrogen) atoms. The van der Waals surface area contributed by atoms with Crippen LogP contribution >= 0.6 is 11.3 Å². The normalized spacial score (nSPS) is 18.4. The van der Waals surface area contributed by atoms with E-state index in [1.165, 1.54) is 16.0 Å². The van der Waals surface area contributed by atoms with Crippen molar-refractivity contribution >= 4 is 16.9 Å². The Balaban J connectivity index is 2.14. The van der Waals surface area contributed by atoms with E-state index in [1.807, 2.05) is 24.3 Å². The molecule has 1 aromatic carbocycles. The third-order valence-corrected chi connectivity index (χ3v) is 3.97. The predicted molar refractivity (Wildman–Crippen MR) is 67.5 cm³/mol. The Morgan fingerprint density at radius 1 is 1.25 bits per heavy atom. The zero-order valence-electron chi connectivity index (χ0n) is 8.97. The fraction of sp³-hybridized carbons (Fsp3) is 0.143. The van der Waals surface area contributed by atoms with Gasteiger partial charge in [0.05, 0.1) is 6.10 Å². The summed E-state index contributed by atoms with van der Waals surface area (Å²) >= 11 is 1.73. The minimum absolute atomic E-state index is 0.450. The molecule has 0 saturated carbocycles. The first-order valence-electron chi connectivity index (χ1n) is 5.30. The molecule has 0 saturated heterocycles. The molecule has 1 aliphatic rings. The van der Waals surface area contributed by atoms with Crippen LogP contribution in [0.25, 0.3) is 5.57 Å². The van der Waals surface area contributed by atoms with Crippen LogP contribution in [-0.4, -0.2) is 5.11 Å². The summed E-state index contributed by atoms with van der Waals surface area (Å²) in [6, 6.07) is 10.2. The lowest BCUT2D eigenvalue weighted by Gasteiger charge is -2.03. The molecule has 2 heteroatoms. The molecule has 0 radical (unpaired) electrons. The van der Waals surface area contributed by atoms with Gasteiger partial charge in [-0.25, -0.2) is 0 Å². The van der Waals surface area contributed by atoms with Crippen LogP contribution in [-0.2, 0) is 0 Å². The van der Waals surface area contributed by atoms with Crippen LogP contribution in [0.1, 0.15) is 27.7 Å². The number of hydrogen-bond acceptors (Lipinski definition) is 2. The largest absolute Gasteiger partial charge is 0.384 e. The summed E-state index contributed by atoms with van der Waals surface area (Å²) in [4.78, 5) is 1.24. The van der Waals surface area contributed by atoms with Crippen molar-refractivity contribution in [1.29, 1.82) is 0 Å². The lowest BCUT2D eigenvalue weighted by atomic mass is 10.0. The second-order valence-electron chi connectivity index (χ2n) is 4.10. The van der Waals surface area contributed by atoms with E-state index in [0.717, 1.165) is 11.1 Å². The fourth-order valence-corrected chi connectivity index (χ4v) is 3.06. The highest BCUT2D eigenvalue weighted by molar-refractivity contribution is 7.11. The van der Waals surface area contributed by atoms with Gasteiger partial charge in [0.1, 0.15) is 0 Å². The Labute approximate surface area is 98.7 Å². The van der Waals surface area contributed by atoms with Crippen molar-refractivity contribution in [2.45, 2.75) is 13.0 Å². The van der Waals surface area contributed by atoms with Gasteiger partial charge in [-0.1, -0.05) is 24.3 Å². The topological polar surface area (TPSA) is 20.2 Å². The van der Waals surface area contributed by atoms with Crippen LogP contribution in [0.2, 0.25) is 0 Å². The maximum atomic E-state index is 9.95. The molecule has 1 N–H and O–H groups in total. The Kier molecular flexibility index (Phi) is 2.20. The number of aliphatic hydroxyl groups is 1. The van der Waals surface area contributed by atoms with Gasteiger partial charge in [0.15, 0.2) is 0 Å². The summed E-state index contributed by atoms with van der Waals surface area (Å²) in [6.45, 7) is 2.10. The average molecular weight is 228 g/mol. The Morgan fingerprint density at radius 3 is 2.81 bits per heavy atom. The minimum atomic E-state index is -0.450. The predicted octanol–water partition coefficient (Wildman–Crippen LogP) is 3.54. The van der Waals surface area contributed by atoms with Gasteiger partial charge in [0.25, 0.3) is 0 Å². The first-order valence-corrected chi connectivity index (χ1v) is 6.18. The highest BCUT2D eigenvalue weighted by Gasteiger charge is 2.22. The van der Waals surface area contributed by atoms with Crippen molar-refractivity contribution < 1.29 is 5.11 Å². The smallest absolute Gasteiger partial charge is 0.0987 e. The van der Waals surface area contributed by atoms with Crippen LogP contribution in [0.5, 0.6) is 0 Å². The molecule has 0 aliphatic heterocycles. The Hall–Kier alpha value is -1.38. The van der Waals surface area contributed by atoms with E-state index in [9.17, 15) is 5.11 Å². The zero-order chi connectivity index (χ0) is 11.1. The van der Waals surface area contributed by atoms with E-state index in [2.05, 4.69) is 24.4 Å². The summed E-state index contributed by atoms with van der Waals surface area (Å²) in [5.74, 6) is 0. The monoisotopic (exact) mass is 228 g/mol. The molecular weight excluding hydrogens is 216 g/mol. The quantitative estimate of drug-likeness (QED) is 0.791.